The summed E-state index contributed by atoms with van der Waals surface area (Å²) in [6.07, 6.45) is -0.978. The third-order valence-electron chi connectivity index (χ3n) is 4.22. The van der Waals surface area contributed by atoms with Gasteiger partial charge in [-0.05, 0) is 42.3 Å². The van der Waals surface area contributed by atoms with E-state index >= 15 is 0 Å². The van der Waals surface area contributed by atoms with Gasteiger partial charge in [0, 0.05) is 18.0 Å². The monoisotopic (exact) mass is 373 g/mol. The molecule has 1 atom stereocenters. The average Bonchev–Trinajstić information content (AvgIpc) is 3.14. The predicted octanol–water partition coefficient (Wildman–Crippen LogP) is 4.44. The second-order valence-electron chi connectivity index (χ2n) is 6.18. The van der Waals surface area contributed by atoms with Gasteiger partial charge in [-0.2, -0.15) is 18.3 Å². The first-order valence-electron chi connectivity index (χ1n) is 8.38. The molecule has 4 nitrogen and oxygen atoms in total. The molecule has 0 unspecified atom stereocenters. The van der Waals surface area contributed by atoms with Crippen LogP contribution >= 0.6 is 0 Å². The second-order valence-corrected chi connectivity index (χ2v) is 6.18. The Balaban J connectivity index is 1.78. The number of halogens is 3. The summed E-state index contributed by atoms with van der Waals surface area (Å²) >= 11 is 0. The molecule has 7 heteroatoms. The van der Waals surface area contributed by atoms with Crippen LogP contribution in [0, 0.1) is 0 Å². The Bertz CT molecular complexity index is 920. The zero-order chi connectivity index (χ0) is 19.4. The molecule has 0 bridgehead atoms. The molecule has 0 fully saturated rings. The van der Waals surface area contributed by atoms with E-state index in [9.17, 15) is 18.0 Å². The summed E-state index contributed by atoms with van der Waals surface area (Å²) in [6.45, 7) is 2.08. The summed E-state index contributed by atoms with van der Waals surface area (Å²) < 4.78 is 40.4. The molecule has 0 aliphatic rings. The molecule has 1 heterocycles. The van der Waals surface area contributed by atoms with Crippen LogP contribution in [0.1, 0.15) is 40.0 Å². The molecule has 0 aliphatic carbocycles. The van der Waals surface area contributed by atoms with Crippen molar-refractivity contribution < 1.29 is 18.0 Å². The lowest BCUT2D eigenvalue weighted by molar-refractivity contribution is -0.137. The first-order valence-corrected chi connectivity index (χ1v) is 8.38. The van der Waals surface area contributed by atoms with Crippen LogP contribution in [0.5, 0.6) is 0 Å². The third-order valence-corrected chi connectivity index (χ3v) is 4.22. The van der Waals surface area contributed by atoms with Crippen LogP contribution in [0.3, 0.4) is 0 Å². The van der Waals surface area contributed by atoms with Crippen LogP contribution in [0.15, 0.2) is 67.0 Å². The number of nitrogens with zero attached hydrogens (tertiary/aromatic N) is 2. The molecule has 0 saturated heterocycles. The smallest absolute Gasteiger partial charge is 0.346 e. The first-order chi connectivity index (χ1) is 12.8. The number of rotatable bonds is 5. The van der Waals surface area contributed by atoms with E-state index < -0.39 is 17.8 Å². The van der Waals surface area contributed by atoms with Crippen LogP contribution in [0.25, 0.3) is 0 Å². The molecule has 140 valence electrons. The zero-order valence-electron chi connectivity index (χ0n) is 14.6. The van der Waals surface area contributed by atoms with E-state index in [1.54, 1.807) is 48.3 Å². The van der Waals surface area contributed by atoms with E-state index in [0.29, 0.717) is 17.7 Å². The van der Waals surface area contributed by atoms with E-state index in [1.807, 2.05) is 12.1 Å². The lowest BCUT2D eigenvalue weighted by Gasteiger charge is -2.17. The topological polar surface area (TPSA) is 46.9 Å². The predicted molar refractivity (Wildman–Crippen MR) is 95.1 cm³/mol. The van der Waals surface area contributed by atoms with E-state index in [1.165, 1.54) is 6.07 Å². The number of hydrogen-bond acceptors (Lipinski definition) is 2. The van der Waals surface area contributed by atoms with Gasteiger partial charge in [0.15, 0.2) is 0 Å². The van der Waals surface area contributed by atoms with E-state index in [4.69, 9.17) is 0 Å². The molecule has 2 aromatic carbocycles. The molecule has 27 heavy (non-hydrogen) atoms. The van der Waals surface area contributed by atoms with Crippen molar-refractivity contribution in [2.45, 2.75) is 25.7 Å². The molecule has 0 radical (unpaired) electrons. The van der Waals surface area contributed by atoms with Crippen LogP contribution in [0.2, 0.25) is 0 Å². The molecule has 3 rings (SSSR count). The maximum atomic E-state index is 12.9. The normalized spacial score (nSPS) is 12.6. The molecule has 1 amide bonds. The fraction of sp³-hybridized carbons (Fsp3) is 0.200. The molecular weight excluding hydrogens is 355 g/mol. The highest BCUT2D eigenvalue weighted by Gasteiger charge is 2.30. The molecule has 0 spiro atoms. The highest BCUT2D eigenvalue weighted by Crippen LogP contribution is 2.30. The minimum absolute atomic E-state index is 0.345. The van der Waals surface area contributed by atoms with Crippen LogP contribution in [-0.4, -0.2) is 15.7 Å². The van der Waals surface area contributed by atoms with Crippen molar-refractivity contribution in [3.05, 3.63) is 89.2 Å². The van der Waals surface area contributed by atoms with Crippen molar-refractivity contribution in [2.75, 3.05) is 0 Å². The summed E-state index contributed by atoms with van der Waals surface area (Å²) in [4.78, 5) is 12.7. The van der Waals surface area contributed by atoms with E-state index in [-0.39, 0.29) is 5.91 Å². The van der Waals surface area contributed by atoms with Crippen molar-refractivity contribution in [3.8, 4) is 0 Å². The van der Waals surface area contributed by atoms with Crippen LogP contribution in [0.4, 0.5) is 13.2 Å². The number of aromatic nitrogens is 2. The van der Waals surface area contributed by atoms with E-state index in [2.05, 4.69) is 10.4 Å². The van der Waals surface area contributed by atoms with Crippen molar-refractivity contribution in [2.24, 2.45) is 0 Å². The number of carbonyl (C=O) groups excluding carboxylic acids is 1. The molecule has 1 N–H and O–H groups in total. The fourth-order valence-electron chi connectivity index (χ4n) is 2.79. The summed E-state index contributed by atoms with van der Waals surface area (Å²) in [7, 11) is 0. The summed E-state index contributed by atoms with van der Waals surface area (Å²) in [5.41, 5.74) is 0.893. The standard InChI is InChI=1S/C20H18F3N3O/c1-14(15-7-4-8-17(12-15)20(21,22)23)25-19(27)18-9-3-2-6-16(18)13-26-11-5-10-24-26/h2-12,14H,13H2,1H3,(H,25,27)/t14-/m0/s1. The van der Waals surface area contributed by atoms with E-state index in [0.717, 1.165) is 17.7 Å². The SMILES string of the molecule is C[C@H](NC(=O)c1ccccc1Cn1cccn1)c1cccc(C(F)(F)F)c1. The van der Waals surface area contributed by atoms with Crippen LogP contribution in [-0.2, 0) is 12.7 Å². The number of alkyl halides is 3. The Morgan fingerprint density at radius 3 is 2.63 bits per heavy atom. The van der Waals surface area contributed by atoms with Gasteiger partial charge in [0.1, 0.15) is 0 Å². The Hall–Kier alpha value is -3.09. The summed E-state index contributed by atoms with van der Waals surface area (Å²) in [5.74, 6) is -0.345. The maximum absolute atomic E-state index is 12.9. The minimum Gasteiger partial charge on any atom is -0.346 e. The van der Waals surface area contributed by atoms with Gasteiger partial charge in [-0.25, -0.2) is 0 Å². The highest BCUT2D eigenvalue weighted by atomic mass is 19.4. The largest absolute Gasteiger partial charge is 0.416 e. The Kier molecular flexibility index (Phi) is 5.30. The third kappa shape index (κ3) is 4.55. The van der Waals surface area contributed by atoms with Gasteiger partial charge in [-0.3, -0.25) is 9.48 Å². The number of benzene rings is 2. The Morgan fingerprint density at radius 1 is 1.15 bits per heavy atom. The maximum Gasteiger partial charge on any atom is 0.416 e. The highest BCUT2D eigenvalue weighted by molar-refractivity contribution is 5.95. The number of hydrogen-bond donors (Lipinski definition) is 1. The quantitative estimate of drug-likeness (QED) is 0.719. The molecule has 0 saturated carbocycles. The summed E-state index contributed by atoms with van der Waals surface area (Å²) in [5, 5.41) is 6.91. The van der Waals surface area contributed by atoms with Gasteiger partial charge in [-0.15, -0.1) is 0 Å². The molecular formula is C20H18F3N3O. The molecule has 3 aromatic rings. The summed E-state index contributed by atoms with van der Waals surface area (Å²) in [6, 6.07) is 13.3. The van der Waals surface area contributed by atoms with Crippen molar-refractivity contribution >= 4 is 5.91 Å². The lowest BCUT2D eigenvalue weighted by Crippen LogP contribution is -2.28. The van der Waals surface area contributed by atoms with Gasteiger partial charge in [-0.1, -0.05) is 30.3 Å². The molecule has 1 aromatic heterocycles. The molecule has 0 aliphatic heterocycles. The van der Waals surface area contributed by atoms with Gasteiger partial charge in [0.25, 0.3) is 5.91 Å². The minimum atomic E-state index is -4.42. The number of amides is 1. The van der Waals surface area contributed by atoms with Gasteiger partial charge in [0.05, 0.1) is 18.2 Å². The van der Waals surface area contributed by atoms with Gasteiger partial charge in [0.2, 0.25) is 0 Å². The fourth-order valence-corrected chi connectivity index (χ4v) is 2.79. The Morgan fingerprint density at radius 2 is 1.93 bits per heavy atom. The van der Waals surface area contributed by atoms with Gasteiger partial charge >= 0.3 is 6.18 Å². The van der Waals surface area contributed by atoms with Crippen LogP contribution < -0.4 is 5.32 Å². The number of nitrogens with one attached hydrogen (secondary N) is 1. The zero-order valence-corrected chi connectivity index (χ0v) is 14.6. The van der Waals surface area contributed by atoms with Gasteiger partial charge < -0.3 is 5.32 Å². The lowest BCUT2D eigenvalue weighted by atomic mass is 10.0. The second kappa shape index (κ2) is 7.65. The number of carbonyl (C=O) groups is 1. The van der Waals surface area contributed by atoms with Crippen molar-refractivity contribution in [3.63, 3.8) is 0 Å². The average molecular weight is 373 g/mol. The first kappa shape index (κ1) is 18.7. The van der Waals surface area contributed by atoms with Crippen molar-refractivity contribution in [1.29, 1.82) is 0 Å². The Labute approximate surface area is 154 Å². The van der Waals surface area contributed by atoms with Crippen molar-refractivity contribution in [1.82, 2.24) is 15.1 Å².